The van der Waals surface area contributed by atoms with Gasteiger partial charge in [0.2, 0.25) is 5.95 Å². The maximum atomic E-state index is 13.3. The Bertz CT molecular complexity index is 1510. The second-order valence-corrected chi connectivity index (χ2v) is 9.77. The van der Waals surface area contributed by atoms with Crippen molar-refractivity contribution >= 4 is 58.2 Å². The lowest BCUT2D eigenvalue weighted by Crippen LogP contribution is -2.42. The van der Waals surface area contributed by atoms with Crippen molar-refractivity contribution in [1.82, 2.24) is 19.6 Å². The third-order valence-corrected chi connectivity index (χ3v) is 7.27. The van der Waals surface area contributed by atoms with E-state index in [4.69, 9.17) is 4.84 Å². The predicted molar refractivity (Wildman–Crippen MR) is 152 cm³/mol. The van der Waals surface area contributed by atoms with Crippen LogP contribution in [0.15, 0.2) is 53.5 Å². The summed E-state index contributed by atoms with van der Waals surface area (Å²) in [4.78, 5) is 44.0. The number of nitrogens with one attached hydrogen (secondary N) is 1. The monoisotopic (exact) mass is 615 g/mol. The minimum absolute atomic E-state index is 0. The number of thiophene rings is 1. The van der Waals surface area contributed by atoms with Gasteiger partial charge in [-0.1, -0.05) is 18.2 Å². The summed E-state index contributed by atoms with van der Waals surface area (Å²) in [5.74, 6) is 0.0534. The summed E-state index contributed by atoms with van der Waals surface area (Å²) in [7, 11) is 0. The molecule has 3 aromatic heterocycles. The van der Waals surface area contributed by atoms with Crippen LogP contribution in [-0.4, -0.2) is 45.2 Å². The molecule has 214 valence electrons. The van der Waals surface area contributed by atoms with Gasteiger partial charge in [-0.2, -0.15) is 13.2 Å². The van der Waals surface area contributed by atoms with E-state index in [1.165, 1.54) is 23.5 Å². The molecule has 1 N–H and O–H groups in total. The first kappa shape index (κ1) is 31.2. The Morgan fingerprint density at radius 2 is 1.93 bits per heavy atom. The summed E-state index contributed by atoms with van der Waals surface area (Å²) in [5.41, 5.74) is 0.589. The van der Waals surface area contributed by atoms with Crippen LogP contribution in [-0.2, 0) is 25.6 Å². The Morgan fingerprint density at radius 3 is 2.60 bits per heavy atom. The SMILES string of the molecule is CCOn1c(NCCc2ccc(C(F)(F)F)cc2)nc2c(c1=O)CN(C(=O)c1cc3cccnc3s1)CC2.Cl.Cl. The maximum absolute atomic E-state index is 13.3. The fourth-order valence-electron chi connectivity index (χ4n) is 4.31. The van der Waals surface area contributed by atoms with E-state index in [1.54, 1.807) is 18.0 Å². The summed E-state index contributed by atoms with van der Waals surface area (Å²) < 4.78 is 39.5. The minimum atomic E-state index is -4.38. The number of carbonyl (C=O) groups excluding carboxylic acids is 1. The number of carbonyl (C=O) groups is 1. The topological polar surface area (TPSA) is 89.4 Å². The standard InChI is InChI=1S/C26H24F3N5O3S.2ClH/c1-2-37-34-23(35)19-15-33(24(36)21-14-17-4-3-11-30-22(17)38-21)13-10-20(19)32-25(34)31-12-9-16-5-7-18(8-6-16)26(27,28)29;;/h3-8,11,14H,2,9-10,12-13,15H2,1H3,(H,31,32);2*1H. The first-order valence-corrected chi connectivity index (χ1v) is 12.9. The van der Waals surface area contributed by atoms with Gasteiger partial charge in [0.25, 0.3) is 11.5 Å². The summed E-state index contributed by atoms with van der Waals surface area (Å²) in [5, 5.41) is 3.97. The number of halogens is 5. The number of rotatable bonds is 7. The molecule has 0 radical (unpaired) electrons. The zero-order valence-corrected chi connectivity index (χ0v) is 23.7. The molecule has 0 fully saturated rings. The van der Waals surface area contributed by atoms with Crippen LogP contribution in [0.2, 0.25) is 0 Å². The molecule has 0 saturated carbocycles. The van der Waals surface area contributed by atoms with Gasteiger partial charge in [0.15, 0.2) is 0 Å². The molecule has 0 saturated heterocycles. The molecule has 0 atom stereocenters. The average Bonchev–Trinajstić information content (AvgIpc) is 3.34. The first-order valence-electron chi connectivity index (χ1n) is 12.1. The van der Waals surface area contributed by atoms with E-state index >= 15 is 0 Å². The van der Waals surface area contributed by atoms with Crippen LogP contribution in [0.3, 0.4) is 0 Å². The van der Waals surface area contributed by atoms with E-state index in [-0.39, 0.29) is 49.8 Å². The van der Waals surface area contributed by atoms with Crippen molar-refractivity contribution in [1.29, 1.82) is 0 Å². The molecule has 1 aliphatic rings. The first-order chi connectivity index (χ1) is 18.2. The van der Waals surface area contributed by atoms with E-state index < -0.39 is 17.3 Å². The second kappa shape index (κ2) is 12.9. The zero-order chi connectivity index (χ0) is 26.9. The molecule has 0 spiro atoms. The number of benzene rings is 1. The lowest BCUT2D eigenvalue weighted by molar-refractivity contribution is -0.137. The van der Waals surface area contributed by atoms with Crippen LogP contribution in [0.25, 0.3) is 10.2 Å². The van der Waals surface area contributed by atoms with Gasteiger partial charge in [-0.05, 0) is 43.2 Å². The lowest BCUT2D eigenvalue weighted by Gasteiger charge is -2.28. The van der Waals surface area contributed by atoms with E-state index in [0.717, 1.165) is 27.1 Å². The molecule has 1 aromatic carbocycles. The highest BCUT2D eigenvalue weighted by Gasteiger charge is 2.30. The van der Waals surface area contributed by atoms with Crippen LogP contribution in [0, 0.1) is 0 Å². The number of hydrogen-bond acceptors (Lipinski definition) is 7. The summed E-state index contributed by atoms with van der Waals surface area (Å²) in [6.45, 7) is 2.80. The normalized spacial score (nSPS) is 12.8. The third-order valence-electron chi connectivity index (χ3n) is 6.22. The van der Waals surface area contributed by atoms with Gasteiger partial charge < -0.3 is 15.1 Å². The summed E-state index contributed by atoms with van der Waals surface area (Å²) >= 11 is 1.32. The molecule has 0 bridgehead atoms. The van der Waals surface area contributed by atoms with Crippen molar-refractivity contribution in [3.8, 4) is 0 Å². The Labute approximate surface area is 244 Å². The van der Waals surface area contributed by atoms with Gasteiger partial charge in [0.05, 0.1) is 28.2 Å². The fourth-order valence-corrected chi connectivity index (χ4v) is 5.28. The molecule has 14 heteroatoms. The van der Waals surface area contributed by atoms with E-state index in [1.807, 2.05) is 18.2 Å². The molecule has 40 heavy (non-hydrogen) atoms. The smallest absolute Gasteiger partial charge is 0.408 e. The van der Waals surface area contributed by atoms with Crippen LogP contribution < -0.4 is 15.7 Å². The molecule has 8 nitrogen and oxygen atoms in total. The van der Waals surface area contributed by atoms with Gasteiger partial charge in [-0.15, -0.1) is 40.9 Å². The zero-order valence-electron chi connectivity index (χ0n) is 21.2. The van der Waals surface area contributed by atoms with E-state index in [0.29, 0.717) is 47.6 Å². The van der Waals surface area contributed by atoms with Gasteiger partial charge in [0, 0.05) is 31.1 Å². The fraction of sp³-hybridized carbons (Fsp3) is 0.308. The highest BCUT2D eigenvalue weighted by molar-refractivity contribution is 7.20. The van der Waals surface area contributed by atoms with Crippen molar-refractivity contribution in [2.75, 3.05) is 25.0 Å². The Kier molecular flexibility index (Phi) is 10.0. The number of aromatic nitrogens is 3. The van der Waals surface area contributed by atoms with Crippen molar-refractivity contribution in [2.24, 2.45) is 0 Å². The Balaban J connectivity index is 0.00000220. The van der Waals surface area contributed by atoms with Crippen molar-refractivity contribution in [3.05, 3.63) is 86.3 Å². The molecule has 4 aromatic rings. The maximum Gasteiger partial charge on any atom is 0.416 e. The number of hydrogen-bond donors (Lipinski definition) is 1. The highest BCUT2D eigenvalue weighted by atomic mass is 35.5. The van der Waals surface area contributed by atoms with Crippen molar-refractivity contribution < 1.29 is 22.8 Å². The molecule has 0 unspecified atom stereocenters. The summed E-state index contributed by atoms with van der Waals surface area (Å²) in [6, 6.07) is 10.5. The average molecular weight is 616 g/mol. The molecule has 1 aliphatic heterocycles. The minimum Gasteiger partial charge on any atom is -0.408 e. The molecular weight excluding hydrogens is 590 g/mol. The number of nitrogens with zero attached hydrogens (tertiary/aromatic N) is 4. The third kappa shape index (κ3) is 6.51. The number of anilines is 1. The quantitative estimate of drug-likeness (QED) is 0.314. The van der Waals surface area contributed by atoms with Crippen molar-refractivity contribution in [3.63, 3.8) is 0 Å². The second-order valence-electron chi connectivity index (χ2n) is 8.73. The van der Waals surface area contributed by atoms with Crippen LogP contribution in [0.1, 0.15) is 39.0 Å². The molecule has 4 heterocycles. The largest absolute Gasteiger partial charge is 0.416 e. The Morgan fingerprint density at radius 1 is 1.18 bits per heavy atom. The summed E-state index contributed by atoms with van der Waals surface area (Å²) in [6.07, 6.45) is -1.88. The van der Waals surface area contributed by atoms with Crippen LogP contribution >= 0.6 is 36.2 Å². The molecule has 5 rings (SSSR count). The number of pyridine rings is 1. The lowest BCUT2D eigenvalue weighted by atomic mass is 10.1. The highest BCUT2D eigenvalue weighted by Crippen LogP contribution is 2.29. The molecule has 1 amide bonds. The van der Waals surface area contributed by atoms with Crippen LogP contribution in [0.5, 0.6) is 0 Å². The van der Waals surface area contributed by atoms with Gasteiger partial charge >= 0.3 is 6.18 Å². The van der Waals surface area contributed by atoms with Gasteiger partial charge in [-0.3, -0.25) is 9.59 Å². The molecule has 0 aliphatic carbocycles. The number of alkyl halides is 3. The Hall–Kier alpha value is -3.35. The van der Waals surface area contributed by atoms with E-state index in [2.05, 4.69) is 15.3 Å². The number of amides is 1. The van der Waals surface area contributed by atoms with Crippen LogP contribution in [0.4, 0.5) is 19.1 Å². The number of fused-ring (bicyclic) bond motifs is 2. The van der Waals surface area contributed by atoms with Gasteiger partial charge in [-0.25, -0.2) is 9.97 Å². The predicted octanol–water partition coefficient (Wildman–Crippen LogP) is 5.02. The van der Waals surface area contributed by atoms with Crippen molar-refractivity contribution in [2.45, 2.75) is 32.5 Å². The van der Waals surface area contributed by atoms with E-state index in [9.17, 15) is 22.8 Å². The van der Waals surface area contributed by atoms with Gasteiger partial charge in [0.1, 0.15) is 11.4 Å². The molecular formula is C26H26Cl2F3N5O3S.